The standard InChI is InChI=1S/C24H25ClN4O2/c1-31-21-10-4-17(5-11-21)22-16-29(20-3-2-13-26-15-20)14-12-23(22)28-24(30)27-19-8-6-18(25)7-9-19/h2-11,13,15,22-23H,12,14,16H2,1H3,(H2,27,28,30)/t22?,23-/m1/s1. The zero-order valence-electron chi connectivity index (χ0n) is 17.3. The normalized spacial score (nSPS) is 18.3. The number of aromatic nitrogens is 1. The number of carbonyl (C=O) groups excluding carboxylic acids is 1. The van der Waals surface area contributed by atoms with Crippen LogP contribution >= 0.6 is 11.6 Å². The number of nitrogens with zero attached hydrogens (tertiary/aromatic N) is 2. The number of hydrogen-bond acceptors (Lipinski definition) is 4. The minimum atomic E-state index is -0.222. The number of piperidine rings is 1. The predicted molar refractivity (Wildman–Crippen MR) is 124 cm³/mol. The molecule has 1 saturated heterocycles. The van der Waals surface area contributed by atoms with E-state index < -0.39 is 0 Å². The van der Waals surface area contributed by atoms with Gasteiger partial charge in [-0.05, 0) is 60.5 Å². The average Bonchev–Trinajstić information content (AvgIpc) is 2.81. The summed E-state index contributed by atoms with van der Waals surface area (Å²) in [5, 5.41) is 6.70. The Hall–Kier alpha value is -3.25. The first kappa shape index (κ1) is 21.0. The highest BCUT2D eigenvalue weighted by atomic mass is 35.5. The van der Waals surface area contributed by atoms with Crippen LogP contribution in [0.25, 0.3) is 0 Å². The van der Waals surface area contributed by atoms with Crippen LogP contribution in [0.2, 0.25) is 5.02 Å². The molecule has 7 heteroatoms. The highest BCUT2D eigenvalue weighted by Gasteiger charge is 2.32. The van der Waals surface area contributed by atoms with Gasteiger partial charge in [-0.3, -0.25) is 4.98 Å². The van der Waals surface area contributed by atoms with E-state index >= 15 is 0 Å². The number of nitrogens with one attached hydrogen (secondary N) is 2. The summed E-state index contributed by atoms with van der Waals surface area (Å²) in [7, 11) is 1.66. The lowest BCUT2D eigenvalue weighted by Crippen LogP contribution is -2.50. The number of pyridine rings is 1. The molecule has 2 atom stereocenters. The summed E-state index contributed by atoms with van der Waals surface area (Å²) in [6.07, 6.45) is 4.48. The van der Waals surface area contributed by atoms with E-state index in [1.165, 1.54) is 0 Å². The van der Waals surface area contributed by atoms with Gasteiger partial charge in [-0.15, -0.1) is 0 Å². The molecule has 2 heterocycles. The monoisotopic (exact) mass is 436 g/mol. The second kappa shape index (κ2) is 9.71. The summed E-state index contributed by atoms with van der Waals surface area (Å²) < 4.78 is 5.31. The summed E-state index contributed by atoms with van der Waals surface area (Å²) in [5.74, 6) is 0.935. The minimum absolute atomic E-state index is 0.00591. The third kappa shape index (κ3) is 5.27. The quantitative estimate of drug-likeness (QED) is 0.595. The van der Waals surface area contributed by atoms with Crippen molar-refractivity contribution in [3.63, 3.8) is 0 Å². The van der Waals surface area contributed by atoms with Crippen molar-refractivity contribution in [1.82, 2.24) is 10.3 Å². The van der Waals surface area contributed by atoms with E-state index in [1.807, 2.05) is 24.4 Å². The van der Waals surface area contributed by atoms with E-state index in [9.17, 15) is 4.79 Å². The third-order valence-corrected chi connectivity index (χ3v) is 5.84. The molecule has 4 rings (SSSR count). The van der Waals surface area contributed by atoms with Crippen LogP contribution in [0.3, 0.4) is 0 Å². The number of rotatable bonds is 5. The Bertz CT molecular complexity index is 996. The lowest BCUT2D eigenvalue weighted by atomic mass is 9.85. The van der Waals surface area contributed by atoms with Gasteiger partial charge in [0.2, 0.25) is 0 Å². The van der Waals surface area contributed by atoms with Crippen LogP contribution in [0.4, 0.5) is 16.2 Å². The molecule has 2 amide bonds. The second-order valence-corrected chi connectivity index (χ2v) is 7.97. The number of benzene rings is 2. The molecule has 0 spiro atoms. The first-order chi connectivity index (χ1) is 15.1. The van der Waals surface area contributed by atoms with Gasteiger partial charge in [0.05, 0.1) is 19.0 Å². The number of methoxy groups -OCH3 is 1. The molecular formula is C24H25ClN4O2. The van der Waals surface area contributed by atoms with Crippen LogP contribution in [-0.2, 0) is 0 Å². The molecule has 3 aromatic rings. The van der Waals surface area contributed by atoms with Crippen molar-refractivity contribution in [3.05, 3.63) is 83.6 Å². The van der Waals surface area contributed by atoms with Crippen molar-refractivity contribution in [3.8, 4) is 5.75 Å². The molecule has 1 aliphatic rings. The van der Waals surface area contributed by atoms with Gasteiger partial charge in [-0.2, -0.15) is 0 Å². The summed E-state index contributed by atoms with van der Waals surface area (Å²) in [6, 6.07) is 18.9. The maximum atomic E-state index is 12.7. The zero-order valence-corrected chi connectivity index (χ0v) is 18.0. The Kier molecular flexibility index (Phi) is 6.57. The van der Waals surface area contributed by atoms with Gasteiger partial charge in [0.1, 0.15) is 5.75 Å². The third-order valence-electron chi connectivity index (χ3n) is 5.59. The van der Waals surface area contributed by atoms with E-state index in [0.29, 0.717) is 10.7 Å². The number of amides is 2. The van der Waals surface area contributed by atoms with Gasteiger partial charge in [0.15, 0.2) is 0 Å². The van der Waals surface area contributed by atoms with Gasteiger partial charge in [-0.25, -0.2) is 4.79 Å². The Morgan fingerprint density at radius 2 is 1.90 bits per heavy atom. The topological polar surface area (TPSA) is 66.5 Å². The molecule has 1 aliphatic heterocycles. The van der Waals surface area contributed by atoms with Crippen LogP contribution < -0.4 is 20.3 Å². The molecule has 1 unspecified atom stereocenters. The van der Waals surface area contributed by atoms with Crippen molar-refractivity contribution in [2.45, 2.75) is 18.4 Å². The van der Waals surface area contributed by atoms with Crippen LogP contribution in [0, 0.1) is 0 Å². The summed E-state index contributed by atoms with van der Waals surface area (Å²) in [4.78, 5) is 19.3. The van der Waals surface area contributed by atoms with Crippen LogP contribution in [0.5, 0.6) is 5.75 Å². The Morgan fingerprint density at radius 1 is 1.13 bits per heavy atom. The highest BCUT2D eigenvalue weighted by molar-refractivity contribution is 6.30. The van der Waals surface area contributed by atoms with Gasteiger partial charge < -0.3 is 20.3 Å². The molecule has 2 aromatic carbocycles. The highest BCUT2D eigenvalue weighted by Crippen LogP contribution is 2.31. The molecule has 31 heavy (non-hydrogen) atoms. The lowest BCUT2D eigenvalue weighted by molar-refractivity contribution is 0.243. The molecule has 6 nitrogen and oxygen atoms in total. The van der Waals surface area contributed by atoms with Gasteiger partial charge in [0, 0.05) is 42.0 Å². The molecule has 160 valence electrons. The first-order valence-corrected chi connectivity index (χ1v) is 10.6. The fourth-order valence-corrected chi connectivity index (χ4v) is 4.08. The maximum absolute atomic E-state index is 12.7. The van der Waals surface area contributed by atoms with Gasteiger partial charge in [-0.1, -0.05) is 23.7 Å². The lowest BCUT2D eigenvalue weighted by Gasteiger charge is -2.40. The van der Waals surface area contributed by atoms with Crippen molar-refractivity contribution < 1.29 is 9.53 Å². The number of carbonyl (C=O) groups is 1. The van der Waals surface area contributed by atoms with Crippen molar-refractivity contribution >= 4 is 29.0 Å². The van der Waals surface area contributed by atoms with Crippen LogP contribution in [-0.4, -0.2) is 37.3 Å². The van der Waals surface area contributed by atoms with Crippen LogP contribution in [0.15, 0.2) is 73.1 Å². The number of halogens is 1. The smallest absolute Gasteiger partial charge is 0.319 e. The van der Waals surface area contributed by atoms with Crippen LogP contribution in [0.1, 0.15) is 17.9 Å². The maximum Gasteiger partial charge on any atom is 0.319 e. The molecular weight excluding hydrogens is 412 g/mol. The zero-order chi connectivity index (χ0) is 21.6. The van der Waals surface area contributed by atoms with E-state index in [1.54, 1.807) is 37.6 Å². The molecule has 1 aromatic heterocycles. The number of urea groups is 1. The minimum Gasteiger partial charge on any atom is -0.497 e. The van der Waals surface area contributed by atoms with Crippen molar-refractivity contribution in [1.29, 1.82) is 0 Å². The molecule has 0 aliphatic carbocycles. The molecule has 2 N–H and O–H groups in total. The largest absolute Gasteiger partial charge is 0.497 e. The molecule has 0 bridgehead atoms. The summed E-state index contributed by atoms with van der Waals surface area (Å²) in [5.41, 5.74) is 2.95. The Morgan fingerprint density at radius 3 is 2.58 bits per heavy atom. The number of ether oxygens (including phenoxy) is 1. The van der Waals surface area contributed by atoms with E-state index in [4.69, 9.17) is 16.3 Å². The predicted octanol–water partition coefficient (Wildman–Crippen LogP) is 4.93. The van der Waals surface area contributed by atoms with E-state index in [0.717, 1.165) is 36.5 Å². The second-order valence-electron chi connectivity index (χ2n) is 7.54. The van der Waals surface area contributed by atoms with E-state index in [2.05, 4.69) is 38.7 Å². The van der Waals surface area contributed by atoms with E-state index in [-0.39, 0.29) is 18.0 Å². The van der Waals surface area contributed by atoms with Gasteiger partial charge >= 0.3 is 6.03 Å². The molecule has 0 radical (unpaired) electrons. The average molecular weight is 437 g/mol. The Balaban J connectivity index is 1.51. The summed E-state index contributed by atoms with van der Waals surface area (Å²) >= 11 is 5.93. The fraction of sp³-hybridized carbons (Fsp3) is 0.250. The number of hydrogen-bond donors (Lipinski definition) is 2. The van der Waals surface area contributed by atoms with Crippen molar-refractivity contribution in [2.24, 2.45) is 0 Å². The molecule has 0 saturated carbocycles. The summed E-state index contributed by atoms with van der Waals surface area (Å²) in [6.45, 7) is 1.62. The Labute approximate surface area is 187 Å². The fourth-order valence-electron chi connectivity index (χ4n) is 3.96. The number of anilines is 2. The first-order valence-electron chi connectivity index (χ1n) is 10.2. The van der Waals surface area contributed by atoms with Crippen molar-refractivity contribution in [2.75, 3.05) is 30.4 Å². The molecule has 1 fully saturated rings. The SMILES string of the molecule is COc1ccc(C2CN(c3cccnc3)CC[C@H]2NC(=O)Nc2ccc(Cl)cc2)cc1. The van der Waals surface area contributed by atoms with Gasteiger partial charge in [0.25, 0.3) is 0 Å².